The molecule has 0 aromatic heterocycles. The van der Waals surface area contributed by atoms with Gasteiger partial charge >= 0.3 is 0 Å². The lowest BCUT2D eigenvalue weighted by molar-refractivity contribution is -0.385. The molecule has 21 heavy (non-hydrogen) atoms. The molecule has 8 heteroatoms. The van der Waals surface area contributed by atoms with Crippen molar-refractivity contribution in [3.63, 3.8) is 0 Å². The first-order valence-electron chi connectivity index (χ1n) is 5.69. The Morgan fingerprint density at radius 3 is 2.62 bits per heavy atom. The van der Waals surface area contributed by atoms with Gasteiger partial charge in [0.2, 0.25) is 0 Å². The zero-order valence-electron chi connectivity index (χ0n) is 10.5. The molecule has 2 aromatic rings. The minimum atomic E-state index is -0.945. The Morgan fingerprint density at radius 2 is 2.00 bits per heavy atom. The maximum Gasteiger partial charge on any atom is 0.285 e. The Balaban J connectivity index is 2.42. The molecule has 0 saturated carbocycles. The third-order valence-electron chi connectivity index (χ3n) is 2.68. The number of nitrogen functional groups attached to an aromatic ring is 1. The SMILES string of the molecule is Nc1cc(C(=O)Nc2ccccc2Br)c([N+](=O)[O-])cc1F. The van der Waals surface area contributed by atoms with E-state index in [0.29, 0.717) is 16.2 Å². The van der Waals surface area contributed by atoms with Gasteiger partial charge in [-0.2, -0.15) is 0 Å². The molecule has 0 unspecified atom stereocenters. The minimum absolute atomic E-state index is 0.311. The fourth-order valence-electron chi connectivity index (χ4n) is 1.66. The number of carbonyl (C=O) groups excluding carboxylic acids is 1. The molecule has 0 fully saturated rings. The molecule has 0 radical (unpaired) electrons. The third kappa shape index (κ3) is 3.16. The van der Waals surface area contributed by atoms with E-state index in [-0.39, 0.29) is 11.3 Å². The molecule has 6 nitrogen and oxygen atoms in total. The molecule has 2 rings (SSSR count). The van der Waals surface area contributed by atoms with Gasteiger partial charge in [-0.15, -0.1) is 0 Å². The van der Waals surface area contributed by atoms with E-state index in [0.717, 1.165) is 6.07 Å². The van der Waals surface area contributed by atoms with Crippen molar-refractivity contribution in [2.75, 3.05) is 11.1 Å². The number of nitrogens with one attached hydrogen (secondary N) is 1. The standard InChI is InChI=1S/C13H9BrFN3O3/c14-8-3-1-2-4-11(8)17-13(19)7-5-10(16)9(15)6-12(7)18(20)21/h1-6H,16H2,(H,17,19). The molecule has 1 amide bonds. The Kier molecular flexibility index (Phi) is 4.18. The molecular weight excluding hydrogens is 345 g/mol. The number of amides is 1. The number of rotatable bonds is 3. The Morgan fingerprint density at radius 1 is 1.33 bits per heavy atom. The van der Waals surface area contributed by atoms with Gasteiger partial charge in [-0.1, -0.05) is 12.1 Å². The number of nitro groups is 1. The zero-order valence-corrected chi connectivity index (χ0v) is 12.1. The van der Waals surface area contributed by atoms with Gasteiger partial charge in [0.15, 0.2) is 5.82 Å². The second-order valence-electron chi connectivity index (χ2n) is 4.08. The van der Waals surface area contributed by atoms with Crippen molar-refractivity contribution >= 4 is 38.9 Å². The van der Waals surface area contributed by atoms with E-state index in [4.69, 9.17) is 5.73 Å². The van der Waals surface area contributed by atoms with E-state index < -0.39 is 22.3 Å². The molecule has 0 aliphatic heterocycles. The largest absolute Gasteiger partial charge is 0.396 e. The monoisotopic (exact) mass is 353 g/mol. The quantitative estimate of drug-likeness (QED) is 0.502. The van der Waals surface area contributed by atoms with Gasteiger partial charge in [0.05, 0.1) is 22.4 Å². The number of nitrogens with two attached hydrogens (primary N) is 1. The molecule has 2 aromatic carbocycles. The zero-order chi connectivity index (χ0) is 15.6. The minimum Gasteiger partial charge on any atom is -0.396 e. The van der Waals surface area contributed by atoms with Crippen molar-refractivity contribution in [3.8, 4) is 0 Å². The Labute approximate surface area is 127 Å². The van der Waals surface area contributed by atoms with Crippen molar-refractivity contribution in [3.05, 3.63) is 62.4 Å². The van der Waals surface area contributed by atoms with Gasteiger partial charge < -0.3 is 11.1 Å². The molecule has 0 heterocycles. The van der Waals surface area contributed by atoms with Gasteiger partial charge in [0, 0.05) is 4.47 Å². The highest BCUT2D eigenvalue weighted by Crippen LogP contribution is 2.27. The summed E-state index contributed by atoms with van der Waals surface area (Å²) in [4.78, 5) is 22.2. The van der Waals surface area contributed by atoms with Gasteiger partial charge in [0.1, 0.15) is 5.56 Å². The van der Waals surface area contributed by atoms with Crippen molar-refractivity contribution in [2.24, 2.45) is 0 Å². The number of hydrogen-bond acceptors (Lipinski definition) is 4. The number of anilines is 2. The number of para-hydroxylation sites is 1. The van der Waals surface area contributed by atoms with Crippen LogP contribution < -0.4 is 11.1 Å². The number of nitro benzene ring substituents is 1. The van der Waals surface area contributed by atoms with Crippen LogP contribution in [-0.4, -0.2) is 10.8 Å². The van der Waals surface area contributed by atoms with Crippen molar-refractivity contribution in [1.29, 1.82) is 0 Å². The van der Waals surface area contributed by atoms with E-state index in [1.54, 1.807) is 24.3 Å². The van der Waals surface area contributed by atoms with Crippen LogP contribution >= 0.6 is 15.9 Å². The smallest absolute Gasteiger partial charge is 0.285 e. The molecule has 0 aliphatic carbocycles. The highest BCUT2D eigenvalue weighted by atomic mass is 79.9. The summed E-state index contributed by atoms with van der Waals surface area (Å²) in [6.45, 7) is 0. The summed E-state index contributed by atoms with van der Waals surface area (Å²) in [5.41, 5.74) is 4.50. The van der Waals surface area contributed by atoms with E-state index >= 15 is 0 Å². The fourth-order valence-corrected chi connectivity index (χ4v) is 2.05. The van der Waals surface area contributed by atoms with Crippen LogP contribution in [0.5, 0.6) is 0 Å². The van der Waals surface area contributed by atoms with Crippen molar-refractivity contribution in [2.45, 2.75) is 0 Å². The second kappa shape index (κ2) is 5.88. The normalized spacial score (nSPS) is 10.2. The summed E-state index contributed by atoms with van der Waals surface area (Å²) in [6.07, 6.45) is 0. The van der Waals surface area contributed by atoms with Crippen LogP contribution in [0.15, 0.2) is 40.9 Å². The van der Waals surface area contributed by atoms with Gasteiger partial charge in [-0.05, 0) is 34.1 Å². The number of nitrogens with zero attached hydrogens (tertiary/aromatic N) is 1. The van der Waals surface area contributed by atoms with Crippen LogP contribution in [-0.2, 0) is 0 Å². The lowest BCUT2D eigenvalue weighted by atomic mass is 10.1. The van der Waals surface area contributed by atoms with Crippen LogP contribution in [0, 0.1) is 15.9 Å². The third-order valence-corrected chi connectivity index (χ3v) is 3.37. The van der Waals surface area contributed by atoms with Crippen LogP contribution in [0.3, 0.4) is 0 Å². The van der Waals surface area contributed by atoms with E-state index in [1.807, 2.05) is 0 Å². The van der Waals surface area contributed by atoms with Crippen LogP contribution in [0.2, 0.25) is 0 Å². The highest BCUT2D eigenvalue weighted by molar-refractivity contribution is 9.10. The van der Waals surface area contributed by atoms with Gasteiger partial charge in [-0.3, -0.25) is 14.9 Å². The predicted molar refractivity (Wildman–Crippen MR) is 79.6 cm³/mol. The van der Waals surface area contributed by atoms with E-state index in [1.165, 1.54) is 0 Å². The maximum absolute atomic E-state index is 13.3. The maximum atomic E-state index is 13.3. The second-order valence-corrected chi connectivity index (χ2v) is 4.94. The molecule has 0 bridgehead atoms. The molecule has 0 saturated heterocycles. The predicted octanol–water partition coefficient (Wildman–Crippen LogP) is 3.33. The molecular formula is C13H9BrFN3O3. The van der Waals surface area contributed by atoms with E-state index in [9.17, 15) is 19.3 Å². The summed E-state index contributed by atoms with van der Waals surface area (Å²) in [5, 5.41) is 13.4. The lowest BCUT2D eigenvalue weighted by Crippen LogP contribution is -2.15. The first kappa shape index (κ1) is 14.9. The average Bonchev–Trinajstić information content (AvgIpc) is 2.43. The Bertz CT molecular complexity index is 737. The fraction of sp³-hybridized carbons (Fsp3) is 0. The van der Waals surface area contributed by atoms with Gasteiger partial charge in [-0.25, -0.2) is 4.39 Å². The topological polar surface area (TPSA) is 98.3 Å². The summed E-state index contributed by atoms with van der Waals surface area (Å²) < 4.78 is 13.9. The van der Waals surface area contributed by atoms with Crippen LogP contribution in [0.1, 0.15) is 10.4 Å². The van der Waals surface area contributed by atoms with Crippen molar-refractivity contribution < 1.29 is 14.1 Å². The summed E-state index contributed by atoms with van der Waals surface area (Å²) in [6, 6.07) is 8.32. The van der Waals surface area contributed by atoms with Crippen molar-refractivity contribution in [1.82, 2.24) is 0 Å². The van der Waals surface area contributed by atoms with Crippen LogP contribution in [0.25, 0.3) is 0 Å². The number of halogens is 2. The number of hydrogen-bond donors (Lipinski definition) is 2. The first-order valence-corrected chi connectivity index (χ1v) is 6.48. The molecule has 108 valence electrons. The first-order chi connectivity index (χ1) is 9.90. The molecule has 3 N–H and O–H groups in total. The number of benzene rings is 2. The molecule has 0 atom stereocenters. The number of carbonyl (C=O) groups is 1. The summed E-state index contributed by atoms with van der Waals surface area (Å²) >= 11 is 3.24. The molecule has 0 spiro atoms. The van der Waals surface area contributed by atoms with Gasteiger partial charge in [0.25, 0.3) is 11.6 Å². The Hall–Kier alpha value is -2.48. The summed E-state index contributed by atoms with van der Waals surface area (Å²) in [7, 11) is 0. The lowest BCUT2D eigenvalue weighted by Gasteiger charge is -2.08. The summed E-state index contributed by atoms with van der Waals surface area (Å²) in [5.74, 6) is -1.69. The van der Waals surface area contributed by atoms with E-state index in [2.05, 4.69) is 21.2 Å². The van der Waals surface area contributed by atoms with Crippen LogP contribution in [0.4, 0.5) is 21.5 Å². The average molecular weight is 354 g/mol. The highest BCUT2D eigenvalue weighted by Gasteiger charge is 2.23. The molecule has 0 aliphatic rings.